The molecular formula is C13H24N2OS. The molecule has 1 aromatic rings. The van der Waals surface area contributed by atoms with Gasteiger partial charge in [0.25, 0.3) is 0 Å². The molecule has 2 N–H and O–H groups in total. The molecule has 2 atom stereocenters. The molecule has 0 saturated heterocycles. The summed E-state index contributed by atoms with van der Waals surface area (Å²) >= 11 is 1.80. The summed E-state index contributed by atoms with van der Waals surface area (Å²) < 4.78 is 0. The minimum atomic E-state index is 0.236. The first-order valence-electron chi connectivity index (χ1n) is 6.29. The molecule has 0 fully saturated rings. The van der Waals surface area contributed by atoms with Crippen molar-refractivity contribution >= 4 is 11.3 Å². The SMILES string of the molecule is Cc1nc(C(C)C)sc1C(C)N[C@H](C)CCO. The van der Waals surface area contributed by atoms with E-state index in [1.54, 1.807) is 11.3 Å². The zero-order valence-electron chi connectivity index (χ0n) is 11.4. The maximum absolute atomic E-state index is 8.90. The molecule has 4 heteroatoms. The average Bonchev–Trinajstić information content (AvgIpc) is 2.60. The van der Waals surface area contributed by atoms with Crippen LogP contribution in [0.15, 0.2) is 0 Å². The molecule has 0 aromatic carbocycles. The Morgan fingerprint density at radius 1 is 1.29 bits per heavy atom. The third-order valence-corrected chi connectivity index (χ3v) is 4.47. The highest BCUT2D eigenvalue weighted by Crippen LogP contribution is 2.29. The van der Waals surface area contributed by atoms with Gasteiger partial charge in [0.05, 0.1) is 10.7 Å². The predicted octanol–water partition coefficient (Wildman–Crippen LogP) is 3.00. The minimum absolute atomic E-state index is 0.236. The Balaban J connectivity index is 2.71. The van der Waals surface area contributed by atoms with Crippen molar-refractivity contribution in [1.29, 1.82) is 0 Å². The van der Waals surface area contributed by atoms with Gasteiger partial charge in [0.1, 0.15) is 0 Å². The molecule has 0 bridgehead atoms. The molecule has 1 heterocycles. The summed E-state index contributed by atoms with van der Waals surface area (Å²) in [5.74, 6) is 0.495. The van der Waals surface area contributed by atoms with Crippen LogP contribution in [-0.2, 0) is 0 Å². The fourth-order valence-corrected chi connectivity index (χ4v) is 2.94. The van der Waals surface area contributed by atoms with Crippen molar-refractivity contribution in [3.63, 3.8) is 0 Å². The normalized spacial score (nSPS) is 15.2. The Bertz CT molecular complexity index is 349. The lowest BCUT2D eigenvalue weighted by atomic mass is 10.2. The van der Waals surface area contributed by atoms with E-state index in [0.29, 0.717) is 18.0 Å². The standard InChI is InChI=1S/C13H24N2OS/c1-8(2)13-15-11(5)12(17-13)10(4)14-9(3)6-7-16/h8-10,14,16H,6-7H2,1-5H3/t9-,10?/m1/s1. The topological polar surface area (TPSA) is 45.2 Å². The van der Waals surface area contributed by atoms with Crippen LogP contribution in [-0.4, -0.2) is 22.7 Å². The summed E-state index contributed by atoms with van der Waals surface area (Å²) in [5, 5.41) is 13.6. The summed E-state index contributed by atoms with van der Waals surface area (Å²) in [6, 6.07) is 0.639. The molecule has 98 valence electrons. The summed E-state index contributed by atoms with van der Waals surface area (Å²) in [6.07, 6.45) is 0.791. The van der Waals surface area contributed by atoms with Crippen LogP contribution in [0.2, 0.25) is 0 Å². The van der Waals surface area contributed by atoms with Crippen molar-refractivity contribution in [2.75, 3.05) is 6.61 Å². The van der Waals surface area contributed by atoms with Gasteiger partial charge in [-0.25, -0.2) is 4.98 Å². The van der Waals surface area contributed by atoms with Crippen LogP contribution in [0.25, 0.3) is 0 Å². The number of aliphatic hydroxyl groups excluding tert-OH is 1. The van der Waals surface area contributed by atoms with Gasteiger partial charge in [-0.2, -0.15) is 0 Å². The lowest BCUT2D eigenvalue weighted by Crippen LogP contribution is -2.29. The van der Waals surface area contributed by atoms with E-state index in [2.05, 4.69) is 44.9 Å². The third-order valence-electron chi connectivity index (χ3n) is 2.83. The van der Waals surface area contributed by atoms with E-state index in [-0.39, 0.29) is 6.61 Å². The number of aryl methyl sites for hydroxylation is 1. The van der Waals surface area contributed by atoms with Gasteiger partial charge in [-0.05, 0) is 27.2 Å². The fraction of sp³-hybridized carbons (Fsp3) is 0.769. The zero-order valence-corrected chi connectivity index (χ0v) is 12.3. The van der Waals surface area contributed by atoms with E-state index in [9.17, 15) is 0 Å². The number of aliphatic hydroxyl groups is 1. The van der Waals surface area contributed by atoms with Crippen LogP contribution in [0.3, 0.4) is 0 Å². The largest absolute Gasteiger partial charge is 0.396 e. The van der Waals surface area contributed by atoms with Crippen molar-refractivity contribution < 1.29 is 5.11 Å². The second kappa shape index (κ2) is 6.47. The molecule has 1 rings (SSSR count). The van der Waals surface area contributed by atoms with Crippen molar-refractivity contribution in [3.8, 4) is 0 Å². The number of aromatic nitrogens is 1. The molecule has 0 aliphatic carbocycles. The number of hydrogen-bond donors (Lipinski definition) is 2. The molecule has 1 unspecified atom stereocenters. The smallest absolute Gasteiger partial charge is 0.0956 e. The number of rotatable bonds is 6. The van der Waals surface area contributed by atoms with Crippen molar-refractivity contribution in [2.45, 2.75) is 59.0 Å². The number of nitrogens with one attached hydrogen (secondary N) is 1. The molecule has 3 nitrogen and oxygen atoms in total. The quantitative estimate of drug-likeness (QED) is 0.822. The molecule has 0 amide bonds. The van der Waals surface area contributed by atoms with Gasteiger partial charge in [0.2, 0.25) is 0 Å². The zero-order chi connectivity index (χ0) is 13.0. The minimum Gasteiger partial charge on any atom is -0.396 e. The predicted molar refractivity (Wildman–Crippen MR) is 73.7 cm³/mol. The first kappa shape index (κ1) is 14.6. The molecular weight excluding hydrogens is 232 g/mol. The lowest BCUT2D eigenvalue weighted by molar-refractivity contribution is 0.265. The van der Waals surface area contributed by atoms with Gasteiger partial charge in [-0.15, -0.1) is 11.3 Å². The van der Waals surface area contributed by atoms with E-state index in [1.165, 1.54) is 9.88 Å². The van der Waals surface area contributed by atoms with E-state index in [0.717, 1.165) is 12.1 Å². The van der Waals surface area contributed by atoms with Crippen LogP contribution in [0.4, 0.5) is 0 Å². The van der Waals surface area contributed by atoms with Crippen LogP contribution in [0.1, 0.15) is 61.7 Å². The number of hydrogen-bond acceptors (Lipinski definition) is 4. The van der Waals surface area contributed by atoms with E-state index < -0.39 is 0 Å². The highest BCUT2D eigenvalue weighted by Gasteiger charge is 2.17. The Morgan fingerprint density at radius 2 is 1.94 bits per heavy atom. The first-order chi connectivity index (χ1) is 7.95. The maximum atomic E-state index is 8.90. The lowest BCUT2D eigenvalue weighted by Gasteiger charge is -2.18. The van der Waals surface area contributed by atoms with Crippen molar-refractivity contribution in [1.82, 2.24) is 10.3 Å². The Kier molecular flexibility index (Phi) is 5.56. The second-order valence-corrected chi connectivity index (χ2v) is 6.02. The Labute approximate surface area is 108 Å². The maximum Gasteiger partial charge on any atom is 0.0956 e. The Morgan fingerprint density at radius 3 is 2.41 bits per heavy atom. The van der Waals surface area contributed by atoms with Gasteiger partial charge in [-0.1, -0.05) is 13.8 Å². The van der Waals surface area contributed by atoms with Gasteiger partial charge in [-0.3, -0.25) is 0 Å². The molecule has 17 heavy (non-hydrogen) atoms. The van der Waals surface area contributed by atoms with Crippen LogP contribution in [0.5, 0.6) is 0 Å². The monoisotopic (exact) mass is 256 g/mol. The van der Waals surface area contributed by atoms with Crippen LogP contribution >= 0.6 is 11.3 Å². The molecule has 0 saturated carbocycles. The third kappa shape index (κ3) is 4.05. The van der Waals surface area contributed by atoms with Crippen molar-refractivity contribution in [3.05, 3.63) is 15.6 Å². The average molecular weight is 256 g/mol. The van der Waals surface area contributed by atoms with E-state index in [4.69, 9.17) is 5.11 Å². The molecule has 1 aromatic heterocycles. The Hall–Kier alpha value is -0.450. The van der Waals surface area contributed by atoms with Gasteiger partial charge < -0.3 is 10.4 Å². The first-order valence-corrected chi connectivity index (χ1v) is 7.11. The van der Waals surface area contributed by atoms with Gasteiger partial charge in [0.15, 0.2) is 0 Å². The van der Waals surface area contributed by atoms with Crippen molar-refractivity contribution in [2.24, 2.45) is 0 Å². The molecule has 0 aliphatic rings. The van der Waals surface area contributed by atoms with Gasteiger partial charge in [0, 0.05) is 29.5 Å². The summed E-state index contributed by atoms with van der Waals surface area (Å²) in [5.41, 5.74) is 1.13. The van der Waals surface area contributed by atoms with Crippen LogP contribution < -0.4 is 5.32 Å². The number of nitrogens with zero attached hydrogens (tertiary/aromatic N) is 1. The van der Waals surface area contributed by atoms with E-state index >= 15 is 0 Å². The van der Waals surface area contributed by atoms with Gasteiger partial charge >= 0.3 is 0 Å². The summed E-state index contributed by atoms with van der Waals surface area (Å²) in [4.78, 5) is 5.93. The van der Waals surface area contributed by atoms with Crippen LogP contribution in [0, 0.1) is 6.92 Å². The van der Waals surface area contributed by atoms with E-state index in [1.807, 2.05) is 0 Å². The second-order valence-electron chi connectivity index (χ2n) is 4.96. The summed E-state index contributed by atoms with van der Waals surface area (Å²) in [7, 11) is 0. The summed E-state index contributed by atoms with van der Waals surface area (Å²) in [6.45, 7) is 10.9. The highest BCUT2D eigenvalue weighted by molar-refractivity contribution is 7.11. The fourth-order valence-electron chi connectivity index (χ4n) is 1.86. The molecule has 0 aliphatic heterocycles. The molecule has 0 radical (unpaired) electrons. The number of thiazole rings is 1. The highest BCUT2D eigenvalue weighted by atomic mass is 32.1. The molecule has 0 spiro atoms.